The third-order valence-corrected chi connectivity index (χ3v) is 7.05. The molecule has 5 rings (SSSR count). The van der Waals surface area contributed by atoms with Crippen LogP contribution < -0.4 is 24.3 Å². The summed E-state index contributed by atoms with van der Waals surface area (Å²) in [5.41, 5.74) is 1.88. The van der Waals surface area contributed by atoms with Crippen LogP contribution in [0.15, 0.2) is 24.5 Å². The molecule has 3 aromatic rings. The molecule has 2 aliphatic heterocycles. The summed E-state index contributed by atoms with van der Waals surface area (Å²) in [5.74, 6) is 9.00. The van der Waals surface area contributed by atoms with Gasteiger partial charge in [0.15, 0.2) is 23.0 Å². The third-order valence-electron chi connectivity index (χ3n) is 6.75. The van der Waals surface area contributed by atoms with E-state index in [1.54, 1.807) is 20.3 Å². The van der Waals surface area contributed by atoms with Gasteiger partial charge in [0.2, 0.25) is 6.79 Å². The van der Waals surface area contributed by atoms with Crippen molar-refractivity contribution >= 4 is 34.0 Å². The van der Waals surface area contributed by atoms with Crippen LogP contribution in [0.4, 0.5) is 11.5 Å². The number of ether oxygens (including phenoxy) is 6. The minimum absolute atomic E-state index is 0.0261. The highest BCUT2D eigenvalue weighted by Crippen LogP contribution is 2.47. The summed E-state index contributed by atoms with van der Waals surface area (Å²) in [4.78, 5) is 11.3. The summed E-state index contributed by atoms with van der Waals surface area (Å²) >= 11 is 6.70. The first-order valence-electron chi connectivity index (χ1n) is 13.2. The second-order valence-corrected chi connectivity index (χ2v) is 9.83. The van der Waals surface area contributed by atoms with Crippen molar-refractivity contribution in [2.75, 3.05) is 65.8 Å². The van der Waals surface area contributed by atoms with Gasteiger partial charge in [-0.1, -0.05) is 23.4 Å². The number of rotatable bonds is 10. The van der Waals surface area contributed by atoms with Crippen LogP contribution in [0.25, 0.3) is 10.9 Å². The van der Waals surface area contributed by atoms with Crippen molar-refractivity contribution in [3.8, 4) is 34.8 Å². The number of fused-ring (bicyclic) bond motifs is 2. The van der Waals surface area contributed by atoms with Crippen molar-refractivity contribution in [1.82, 2.24) is 14.9 Å². The molecule has 0 bridgehead atoms. The number of nitrogens with one attached hydrogen (secondary N) is 1. The molecule has 10 nitrogen and oxygen atoms in total. The number of morpholine rings is 1. The molecule has 212 valence electrons. The lowest BCUT2D eigenvalue weighted by Crippen LogP contribution is -2.37. The normalized spacial score (nSPS) is 15.4. The van der Waals surface area contributed by atoms with Crippen LogP contribution in [0.2, 0.25) is 5.02 Å². The zero-order valence-corrected chi connectivity index (χ0v) is 23.7. The molecule has 0 aliphatic carbocycles. The number of hydrogen-bond acceptors (Lipinski definition) is 10. The Hall–Kier alpha value is -3.49. The van der Waals surface area contributed by atoms with Gasteiger partial charge in [-0.15, -0.1) is 0 Å². The molecule has 0 saturated carbocycles. The number of anilines is 2. The Morgan fingerprint density at radius 3 is 2.73 bits per heavy atom. The van der Waals surface area contributed by atoms with Crippen molar-refractivity contribution in [3.63, 3.8) is 0 Å². The SMILES string of the molecule is COc1cc2c(Nc3c(Cl)cc(C#CCC(C)OC)c4c3OCO4)ncnc2cc1OCCCN1CCOCC1. The van der Waals surface area contributed by atoms with E-state index in [1.807, 2.05) is 19.1 Å². The van der Waals surface area contributed by atoms with Gasteiger partial charge < -0.3 is 33.7 Å². The molecule has 2 aliphatic rings. The van der Waals surface area contributed by atoms with Crippen molar-refractivity contribution in [3.05, 3.63) is 35.1 Å². The molecule has 1 atom stereocenters. The molecular weight excluding hydrogens is 536 g/mol. The average Bonchev–Trinajstić information content (AvgIpc) is 3.47. The van der Waals surface area contributed by atoms with Gasteiger partial charge >= 0.3 is 0 Å². The van der Waals surface area contributed by atoms with Gasteiger partial charge in [0.25, 0.3) is 0 Å². The molecule has 2 aromatic carbocycles. The Morgan fingerprint density at radius 1 is 1.10 bits per heavy atom. The highest BCUT2D eigenvalue weighted by Gasteiger charge is 2.25. The first-order valence-corrected chi connectivity index (χ1v) is 13.6. The van der Waals surface area contributed by atoms with Gasteiger partial charge in [0.1, 0.15) is 17.8 Å². The van der Waals surface area contributed by atoms with Gasteiger partial charge in [0, 0.05) is 44.6 Å². The van der Waals surface area contributed by atoms with Gasteiger partial charge in [-0.25, -0.2) is 9.97 Å². The maximum atomic E-state index is 6.70. The number of nitrogens with zero attached hydrogens (tertiary/aromatic N) is 3. The molecule has 1 unspecified atom stereocenters. The lowest BCUT2D eigenvalue weighted by molar-refractivity contribution is 0.0357. The second kappa shape index (κ2) is 13.2. The van der Waals surface area contributed by atoms with Crippen molar-refractivity contribution < 1.29 is 28.4 Å². The Morgan fingerprint density at radius 2 is 1.93 bits per heavy atom. The molecule has 1 N–H and O–H groups in total. The Balaban J connectivity index is 1.36. The molecule has 0 amide bonds. The Bertz CT molecular complexity index is 1400. The van der Waals surface area contributed by atoms with Crippen molar-refractivity contribution in [2.45, 2.75) is 25.9 Å². The fourth-order valence-corrected chi connectivity index (χ4v) is 4.71. The highest BCUT2D eigenvalue weighted by molar-refractivity contribution is 6.34. The predicted octanol–water partition coefficient (Wildman–Crippen LogP) is 4.64. The van der Waals surface area contributed by atoms with E-state index in [4.69, 9.17) is 40.0 Å². The largest absolute Gasteiger partial charge is 0.493 e. The summed E-state index contributed by atoms with van der Waals surface area (Å²) in [6.07, 6.45) is 2.99. The monoisotopic (exact) mass is 568 g/mol. The van der Waals surface area contributed by atoms with E-state index in [0.717, 1.165) is 44.7 Å². The average molecular weight is 569 g/mol. The van der Waals surface area contributed by atoms with Crippen LogP contribution in [0.5, 0.6) is 23.0 Å². The maximum absolute atomic E-state index is 6.70. The summed E-state index contributed by atoms with van der Waals surface area (Å²) in [5, 5.41) is 4.48. The highest BCUT2D eigenvalue weighted by atomic mass is 35.5. The van der Waals surface area contributed by atoms with Crippen LogP contribution in [-0.2, 0) is 9.47 Å². The van der Waals surface area contributed by atoms with E-state index in [-0.39, 0.29) is 12.9 Å². The van der Waals surface area contributed by atoms with Crippen molar-refractivity contribution in [1.29, 1.82) is 0 Å². The van der Waals surface area contributed by atoms with Gasteiger partial charge in [0.05, 0.1) is 49.1 Å². The topological polar surface area (TPSA) is 96.4 Å². The minimum atomic E-state index is 0.0261. The zero-order valence-electron chi connectivity index (χ0n) is 22.9. The Labute approximate surface area is 238 Å². The second-order valence-electron chi connectivity index (χ2n) is 9.42. The smallest absolute Gasteiger partial charge is 0.231 e. The Kier molecular flexibility index (Phi) is 9.29. The quantitative estimate of drug-likeness (QED) is 0.275. The van der Waals surface area contributed by atoms with Gasteiger partial charge in [-0.3, -0.25) is 4.90 Å². The first-order chi connectivity index (χ1) is 19.6. The van der Waals surface area contributed by atoms with E-state index in [0.29, 0.717) is 63.6 Å². The zero-order chi connectivity index (χ0) is 27.9. The van der Waals surface area contributed by atoms with Gasteiger partial charge in [-0.05, 0) is 25.5 Å². The lowest BCUT2D eigenvalue weighted by Gasteiger charge is -2.26. The molecule has 40 heavy (non-hydrogen) atoms. The van der Waals surface area contributed by atoms with Crippen molar-refractivity contribution in [2.24, 2.45) is 0 Å². The summed E-state index contributed by atoms with van der Waals surface area (Å²) < 4.78 is 33.9. The fourth-order valence-electron chi connectivity index (χ4n) is 4.47. The van der Waals surface area contributed by atoms with Gasteiger partial charge in [-0.2, -0.15) is 0 Å². The standard InChI is InChI=1S/C29H33ClN4O6/c1-19(35-2)6-4-7-20-14-22(30)26(28-27(20)39-18-40-28)33-29-21-15-24(36-3)25(16-23(21)31-17-32-29)38-11-5-8-34-9-12-37-13-10-34/h14-17,19H,5-6,8-13,18H2,1-3H3,(H,31,32,33). The molecule has 1 aromatic heterocycles. The third kappa shape index (κ3) is 6.45. The molecule has 1 saturated heterocycles. The summed E-state index contributed by atoms with van der Waals surface area (Å²) in [6.45, 7) is 7.04. The molecule has 11 heteroatoms. The first kappa shape index (κ1) is 28.1. The number of halogens is 1. The van der Waals surface area contributed by atoms with Crippen LogP contribution in [0.3, 0.4) is 0 Å². The van der Waals surface area contributed by atoms with E-state index in [2.05, 4.69) is 32.0 Å². The maximum Gasteiger partial charge on any atom is 0.231 e. The molecular formula is C29H33ClN4O6. The predicted molar refractivity (Wildman–Crippen MR) is 152 cm³/mol. The van der Waals surface area contributed by atoms with Crippen LogP contribution >= 0.6 is 11.6 Å². The fraction of sp³-hybridized carbons (Fsp3) is 0.448. The lowest BCUT2D eigenvalue weighted by atomic mass is 10.1. The number of hydrogen-bond donors (Lipinski definition) is 1. The van der Waals surface area contributed by atoms with E-state index in [9.17, 15) is 0 Å². The number of aromatic nitrogens is 2. The summed E-state index contributed by atoms with van der Waals surface area (Å²) in [6, 6.07) is 5.48. The summed E-state index contributed by atoms with van der Waals surface area (Å²) in [7, 11) is 3.27. The number of methoxy groups -OCH3 is 2. The minimum Gasteiger partial charge on any atom is -0.493 e. The van der Waals surface area contributed by atoms with Crippen LogP contribution in [-0.4, -0.2) is 81.4 Å². The molecule has 3 heterocycles. The van der Waals surface area contributed by atoms with E-state index < -0.39 is 0 Å². The van der Waals surface area contributed by atoms with E-state index in [1.165, 1.54) is 6.33 Å². The van der Waals surface area contributed by atoms with Crippen LogP contribution in [0, 0.1) is 11.8 Å². The molecule has 0 radical (unpaired) electrons. The molecule has 1 fully saturated rings. The van der Waals surface area contributed by atoms with E-state index >= 15 is 0 Å². The number of benzene rings is 2. The van der Waals surface area contributed by atoms with Crippen LogP contribution in [0.1, 0.15) is 25.3 Å². The molecule has 0 spiro atoms.